The lowest BCUT2D eigenvalue weighted by molar-refractivity contribution is -0.127. The Morgan fingerprint density at radius 1 is 1.35 bits per heavy atom. The Bertz CT molecular complexity index is 362. The summed E-state index contributed by atoms with van der Waals surface area (Å²) in [5.74, 6) is -0.277. The summed E-state index contributed by atoms with van der Waals surface area (Å²) < 4.78 is 1.02. The molecule has 2 N–H and O–H groups in total. The van der Waals surface area contributed by atoms with Crippen LogP contribution in [0, 0.1) is 11.8 Å². The zero-order chi connectivity index (χ0) is 12.8. The minimum absolute atomic E-state index is 0.0922. The number of hydrogen-bond donors (Lipinski definition) is 2. The van der Waals surface area contributed by atoms with Gasteiger partial charge in [-0.3, -0.25) is 4.79 Å². The van der Waals surface area contributed by atoms with Gasteiger partial charge in [-0.25, -0.2) is 0 Å². The summed E-state index contributed by atoms with van der Waals surface area (Å²) in [5, 5.41) is 12.0. The van der Waals surface area contributed by atoms with E-state index in [2.05, 4.69) is 21.2 Å². The molecule has 1 aromatic rings. The summed E-state index contributed by atoms with van der Waals surface area (Å²) in [6.45, 7) is 4.25. The van der Waals surface area contributed by atoms with Gasteiger partial charge in [-0.05, 0) is 23.6 Å². The van der Waals surface area contributed by atoms with Crippen LogP contribution in [0.25, 0.3) is 0 Å². The van der Waals surface area contributed by atoms with Gasteiger partial charge in [-0.1, -0.05) is 41.9 Å². The lowest BCUT2D eigenvalue weighted by Gasteiger charge is -2.17. The second kappa shape index (κ2) is 6.77. The van der Waals surface area contributed by atoms with Crippen molar-refractivity contribution in [3.8, 4) is 0 Å². The molecule has 3 nitrogen and oxygen atoms in total. The Morgan fingerprint density at radius 3 is 2.41 bits per heavy atom. The number of hydrogen-bond acceptors (Lipinski definition) is 2. The summed E-state index contributed by atoms with van der Waals surface area (Å²) in [7, 11) is 0. The first-order valence-electron chi connectivity index (χ1n) is 5.67. The molecule has 0 aliphatic carbocycles. The number of carbonyl (C=O) groups excluding carboxylic acids is 1. The highest BCUT2D eigenvalue weighted by atomic mass is 79.9. The van der Waals surface area contributed by atoms with Gasteiger partial charge in [0.05, 0.1) is 12.5 Å². The van der Waals surface area contributed by atoms with Gasteiger partial charge in [-0.15, -0.1) is 0 Å². The lowest BCUT2D eigenvalue weighted by atomic mass is 9.96. The van der Waals surface area contributed by atoms with E-state index in [-0.39, 0.29) is 24.3 Å². The van der Waals surface area contributed by atoms with Crippen LogP contribution in [-0.2, 0) is 11.3 Å². The van der Waals surface area contributed by atoms with Crippen molar-refractivity contribution in [2.24, 2.45) is 11.8 Å². The minimum atomic E-state index is -0.328. The third-order valence-corrected chi connectivity index (χ3v) is 3.25. The van der Waals surface area contributed by atoms with Crippen molar-refractivity contribution < 1.29 is 9.90 Å². The number of carbonyl (C=O) groups is 1. The minimum Gasteiger partial charge on any atom is -0.396 e. The average Bonchev–Trinajstić information content (AvgIpc) is 2.28. The molecule has 1 aromatic carbocycles. The fourth-order valence-corrected chi connectivity index (χ4v) is 1.78. The van der Waals surface area contributed by atoms with E-state index in [0.29, 0.717) is 6.54 Å². The van der Waals surface area contributed by atoms with Crippen molar-refractivity contribution in [3.63, 3.8) is 0 Å². The van der Waals surface area contributed by atoms with Crippen LogP contribution >= 0.6 is 15.9 Å². The van der Waals surface area contributed by atoms with Crippen LogP contribution in [0.15, 0.2) is 28.7 Å². The molecule has 0 bridgehead atoms. The Balaban J connectivity index is 2.50. The van der Waals surface area contributed by atoms with E-state index in [0.717, 1.165) is 10.0 Å². The van der Waals surface area contributed by atoms with E-state index in [9.17, 15) is 4.79 Å². The van der Waals surface area contributed by atoms with Crippen molar-refractivity contribution in [2.75, 3.05) is 6.61 Å². The summed E-state index contributed by atoms with van der Waals surface area (Å²) in [5.41, 5.74) is 1.04. The number of aliphatic hydroxyl groups excluding tert-OH is 1. The van der Waals surface area contributed by atoms with Gasteiger partial charge in [0, 0.05) is 11.0 Å². The molecule has 1 rings (SSSR count). The zero-order valence-corrected chi connectivity index (χ0v) is 11.7. The van der Waals surface area contributed by atoms with E-state index in [1.807, 2.05) is 38.1 Å². The monoisotopic (exact) mass is 299 g/mol. The molecular formula is C13H18BrNO2. The second-order valence-corrected chi connectivity index (χ2v) is 5.29. The van der Waals surface area contributed by atoms with Crippen LogP contribution in [0.5, 0.6) is 0 Å². The van der Waals surface area contributed by atoms with Gasteiger partial charge in [0.25, 0.3) is 0 Å². The SMILES string of the molecule is CC(C)C(CO)C(=O)NCc1ccc(Br)cc1. The molecule has 4 heteroatoms. The van der Waals surface area contributed by atoms with Crippen molar-refractivity contribution in [3.05, 3.63) is 34.3 Å². The molecule has 0 fully saturated rings. The average molecular weight is 300 g/mol. The van der Waals surface area contributed by atoms with Gasteiger partial charge in [0.15, 0.2) is 0 Å². The Morgan fingerprint density at radius 2 is 1.94 bits per heavy atom. The maximum atomic E-state index is 11.8. The van der Waals surface area contributed by atoms with E-state index < -0.39 is 0 Å². The molecule has 0 radical (unpaired) electrons. The van der Waals surface area contributed by atoms with Crippen molar-refractivity contribution >= 4 is 21.8 Å². The second-order valence-electron chi connectivity index (χ2n) is 4.38. The molecule has 0 saturated carbocycles. The first kappa shape index (κ1) is 14.2. The van der Waals surface area contributed by atoms with E-state index in [4.69, 9.17) is 5.11 Å². The van der Waals surface area contributed by atoms with Crippen LogP contribution in [0.1, 0.15) is 19.4 Å². The quantitative estimate of drug-likeness (QED) is 0.877. The Labute approximate surface area is 110 Å². The molecule has 0 heterocycles. The van der Waals surface area contributed by atoms with E-state index in [1.165, 1.54) is 0 Å². The number of nitrogens with one attached hydrogen (secondary N) is 1. The molecule has 17 heavy (non-hydrogen) atoms. The summed E-state index contributed by atoms with van der Waals surface area (Å²) in [6.07, 6.45) is 0. The molecular weight excluding hydrogens is 282 g/mol. The van der Waals surface area contributed by atoms with Crippen molar-refractivity contribution in [1.29, 1.82) is 0 Å². The smallest absolute Gasteiger partial charge is 0.225 e. The van der Waals surface area contributed by atoms with E-state index >= 15 is 0 Å². The number of halogens is 1. The molecule has 0 spiro atoms. The van der Waals surface area contributed by atoms with Gasteiger partial charge in [0.2, 0.25) is 5.91 Å². The fourth-order valence-electron chi connectivity index (χ4n) is 1.52. The van der Waals surface area contributed by atoms with E-state index in [1.54, 1.807) is 0 Å². The van der Waals surface area contributed by atoms with Crippen molar-refractivity contribution in [2.45, 2.75) is 20.4 Å². The maximum Gasteiger partial charge on any atom is 0.225 e. The van der Waals surface area contributed by atoms with Crippen LogP contribution in [0.4, 0.5) is 0 Å². The van der Waals surface area contributed by atoms with Crippen LogP contribution in [0.2, 0.25) is 0 Å². The molecule has 94 valence electrons. The molecule has 0 aliphatic rings. The molecule has 1 atom stereocenters. The summed E-state index contributed by atoms with van der Waals surface area (Å²) in [6, 6.07) is 7.78. The topological polar surface area (TPSA) is 49.3 Å². The normalized spacial score (nSPS) is 12.5. The standard InChI is InChI=1S/C13H18BrNO2/c1-9(2)12(8-16)13(17)15-7-10-3-5-11(14)6-4-10/h3-6,9,12,16H,7-8H2,1-2H3,(H,15,17). The summed E-state index contributed by atoms with van der Waals surface area (Å²) in [4.78, 5) is 11.8. The van der Waals surface area contributed by atoms with Crippen LogP contribution in [0.3, 0.4) is 0 Å². The molecule has 0 saturated heterocycles. The highest BCUT2D eigenvalue weighted by molar-refractivity contribution is 9.10. The number of amides is 1. The van der Waals surface area contributed by atoms with Gasteiger partial charge >= 0.3 is 0 Å². The fraction of sp³-hybridized carbons (Fsp3) is 0.462. The first-order chi connectivity index (χ1) is 8.04. The third kappa shape index (κ3) is 4.48. The number of benzene rings is 1. The molecule has 1 unspecified atom stereocenters. The largest absolute Gasteiger partial charge is 0.396 e. The highest BCUT2D eigenvalue weighted by Crippen LogP contribution is 2.12. The van der Waals surface area contributed by atoms with Crippen LogP contribution in [-0.4, -0.2) is 17.6 Å². The third-order valence-electron chi connectivity index (χ3n) is 2.72. The maximum absolute atomic E-state index is 11.8. The number of rotatable bonds is 5. The zero-order valence-electron chi connectivity index (χ0n) is 10.1. The lowest BCUT2D eigenvalue weighted by Crippen LogP contribution is -2.35. The van der Waals surface area contributed by atoms with Gasteiger partial charge in [-0.2, -0.15) is 0 Å². The first-order valence-corrected chi connectivity index (χ1v) is 6.47. The summed E-state index contributed by atoms with van der Waals surface area (Å²) >= 11 is 3.36. The Kier molecular flexibility index (Phi) is 5.65. The van der Waals surface area contributed by atoms with Crippen molar-refractivity contribution in [1.82, 2.24) is 5.32 Å². The number of aliphatic hydroxyl groups is 1. The Hall–Kier alpha value is -0.870. The predicted octanol–water partition coefficient (Wildman–Crippen LogP) is 2.33. The van der Waals surface area contributed by atoms with Gasteiger partial charge < -0.3 is 10.4 Å². The predicted molar refractivity (Wildman–Crippen MR) is 71.4 cm³/mol. The highest BCUT2D eigenvalue weighted by Gasteiger charge is 2.20. The van der Waals surface area contributed by atoms with Gasteiger partial charge in [0.1, 0.15) is 0 Å². The molecule has 0 aromatic heterocycles. The molecule has 1 amide bonds. The molecule has 0 aliphatic heterocycles. The van der Waals surface area contributed by atoms with Crippen LogP contribution < -0.4 is 5.32 Å².